The van der Waals surface area contributed by atoms with Crippen LogP contribution < -0.4 is 0 Å². The molecule has 10 heteroatoms. The smallest absolute Gasteiger partial charge is 0.310 e. The number of carbonyl (C=O) groups excluding carboxylic acids is 3. The molecule has 2 unspecified atom stereocenters. The van der Waals surface area contributed by atoms with E-state index in [0.29, 0.717) is 39.5 Å². The highest BCUT2D eigenvalue weighted by Crippen LogP contribution is 2.09. The average Bonchev–Trinajstić information content (AvgIpc) is 2.76. The summed E-state index contributed by atoms with van der Waals surface area (Å²) in [6.07, 6.45) is -0.837. The van der Waals surface area contributed by atoms with Crippen molar-refractivity contribution in [3.63, 3.8) is 0 Å². The van der Waals surface area contributed by atoms with Gasteiger partial charge in [0.1, 0.15) is 13.2 Å². The third-order valence-electron chi connectivity index (χ3n) is 5.23. The minimum atomic E-state index is -0.837. The Balaban J connectivity index is 1.73. The van der Waals surface area contributed by atoms with Gasteiger partial charge in [-0.05, 0) is 0 Å². The van der Waals surface area contributed by atoms with E-state index in [-0.39, 0.29) is 37.0 Å². The van der Waals surface area contributed by atoms with Crippen LogP contribution in [0, 0.1) is 11.8 Å². The molecule has 2 heterocycles. The van der Waals surface area contributed by atoms with E-state index in [1.807, 2.05) is 0 Å². The summed E-state index contributed by atoms with van der Waals surface area (Å²) in [6, 6.07) is 0. The van der Waals surface area contributed by atoms with E-state index in [1.165, 1.54) is 6.92 Å². The lowest BCUT2D eigenvalue weighted by atomic mass is 10.1. The van der Waals surface area contributed by atoms with Gasteiger partial charge in [-0.3, -0.25) is 24.2 Å². The molecule has 0 aromatic carbocycles. The maximum absolute atomic E-state index is 12.3. The summed E-state index contributed by atoms with van der Waals surface area (Å²) in [4.78, 5) is 40.4. The second-order valence-electron chi connectivity index (χ2n) is 8.12. The first kappa shape index (κ1) is 25.5. The molecule has 0 aliphatic carbocycles. The Morgan fingerprint density at radius 2 is 1.16 bits per heavy atom. The molecule has 0 amide bonds. The minimum Gasteiger partial charge on any atom is -0.461 e. The van der Waals surface area contributed by atoms with Crippen LogP contribution in [-0.2, 0) is 38.1 Å². The second-order valence-corrected chi connectivity index (χ2v) is 8.12. The van der Waals surface area contributed by atoms with Gasteiger partial charge in [-0.1, -0.05) is 13.8 Å². The van der Waals surface area contributed by atoms with E-state index in [1.54, 1.807) is 13.8 Å². The number of hydrogen-bond donors (Lipinski definition) is 0. The standard InChI is InChI=1S/C21H36N2O8/c1-16(12-22-4-8-27-9-5-22)20(25)29-14-19(31-18(3)24)15-30-21(26)17(2)13-23-6-10-28-11-7-23/h16-17,19H,4-15H2,1-3H3. The van der Waals surface area contributed by atoms with Crippen molar-refractivity contribution in [1.29, 1.82) is 0 Å². The summed E-state index contributed by atoms with van der Waals surface area (Å²) in [7, 11) is 0. The summed E-state index contributed by atoms with van der Waals surface area (Å²) in [5.41, 5.74) is 0. The van der Waals surface area contributed by atoms with Gasteiger partial charge in [-0.25, -0.2) is 0 Å². The highest BCUT2D eigenvalue weighted by atomic mass is 16.6. The zero-order chi connectivity index (χ0) is 22.6. The Kier molecular flexibility index (Phi) is 11.2. The Bertz CT molecular complexity index is 534. The number of hydrogen-bond acceptors (Lipinski definition) is 10. The first-order valence-corrected chi connectivity index (χ1v) is 11.0. The molecule has 31 heavy (non-hydrogen) atoms. The molecule has 0 bridgehead atoms. The van der Waals surface area contributed by atoms with Crippen LogP contribution in [0.4, 0.5) is 0 Å². The van der Waals surface area contributed by atoms with E-state index in [2.05, 4.69) is 9.80 Å². The van der Waals surface area contributed by atoms with Gasteiger partial charge in [0, 0.05) is 46.2 Å². The summed E-state index contributed by atoms with van der Waals surface area (Å²) < 4.78 is 26.4. The summed E-state index contributed by atoms with van der Waals surface area (Å²) in [5.74, 6) is -1.94. The first-order chi connectivity index (χ1) is 14.8. The van der Waals surface area contributed by atoms with E-state index in [4.69, 9.17) is 23.7 Å². The zero-order valence-corrected chi connectivity index (χ0v) is 18.9. The van der Waals surface area contributed by atoms with Crippen molar-refractivity contribution in [1.82, 2.24) is 9.80 Å². The largest absolute Gasteiger partial charge is 0.461 e. The Morgan fingerprint density at radius 3 is 1.52 bits per heavy atom. The van der Waals surface area contributed by atoms with Gasteiger partial charge in [0.15, 0.2) is 6.10 Å². The fraction of sp³-hybridized carbons (Fsp3) is 0.857. The highest BCUT2D eigenvalue weighted by molar-refractivity contribution is 5.73. The van der Waals surface area contributed by atoms with Crippen LogP contribution in [0.3, 0.4) is 0 Å². The molecule has 0 spiro atoms. The number of esters is 3. The van der Waals surface area contributed by atoms with Gasteiger partial charge in [0.25, 0.3) is 0 Å². The fourth-order valence-electron chi connectivity index (χ4n) is 3.48. The van der Waals surface area contributed by atoms with Crippen LogP contribution in [0.2, 0.25) is 0 Å². The molecule has 0 aromatic rings. The normalized spacial score (nSPS) is 21.0. The Hall–Kier alpha value is -1.75. The summed E-state index contributed by atoms with van der Waals surface area (Å²) in [5, 5.41) is 0. The van der Waals surface area contributed by atoms with Crippen molar-refractivity contribution in [3.05, 3.63) is 0 Å². The van der Waals surface area contributed by atoms with Crippen molar-refractivity contribution < 1.29 is 38.1 Å². The number of ether oxygens (including phenoxy) is 5. The lowest BCUT2D eigenvalue weighted by Gasteiger charge is -2.29. The topological polar surface area (TPSA) is 104 Å². The lowest BCUT2D eigenvalue weighted by molar-refractivity contribution is -0.168. The van der Waals surface area contributed by atoms with Gasteiger partial charge >= 0.3 is 17.9 Å². The molecule has 2 fully saturated rings. The van der Waals surface area contributed by atoms with Crippen LogP contribution in [0.15, 0.2) is 0 Å². The fourth-order valence-corrected chi connectivity index (χ4v) is 3.48. The van der Waals surface area contributed by atoms with Gasteiger partial charge < -0.3 is 23.7 Å². The third-order valence-corrected chi connectivity index (χ3v) is 5.23. The molecule has 178 valence electrons. The van der Waals surface area contributed by atoms with E-state index >= 15 is 0 Å². The van der Waals surface area contributed by atoms with Gasteiger partial charge in [-0.2, -0.15) is 0 Å². The summed E-state index contributed by atoms with van der Waals surface area (Å²) >= 11 is 0. The molecular formula is C21H36N2O8. The van der Waals surface area contributed by atoms with E-state index in [9.17, 15) is 14.4 Å². The molecule has 0 aromatic heterocycles. The number of morpholine rings is 2. The number of nitrogens with zero attached hydrogens (tertiary/aromatic N) is 2. The van der Waals surface area contributed by atoms with Crippen LogP contribution in [0.5, 0.6) is 0 Å². The van der Waals surface area contributed by atoms with Crippen LogP contribution in [0.25, 0.3) is 0 Å². The van der Waals surface area contributed by atoms with Crippen LogP contribution in [-0.4, -0.2) is 113 Å². The molecule has 0 N–H and O–H groups in total. The van der Waals surface area contributed by atoms with E-state index < -0.39 is 12.1 Å². The van der Waals surface area contributed by atoms with Crippen LogP contribution in [0.1, 0.15) is 20.8 Å². The maximum atomic E-state index is 12.3. The number of carbonyl (C=O) groups is 3. The third kappa shape index (κ3) is 9.94. The van der Waals surface area contributed by atoms with Crippen LogP contribution >= 0.6 is 0 Å². The van der Waals surface area contributed by atoms with Crippen molar-refractivity contribution >= 4 is 17.9 Å². The molecule has 2 aliphatic heterocycles. The first-order valence-electron chi connectivity index (χ1n) is 11.0. The molecule has 0 radical (unpaired) electrons. The quantitative estimate of drug-likeness (QED) is 0.318. The molecule has 10 nitrogen and oxygen atoms in total. The van der Waals surface area contributed by atoms with Crippen molar-refractivity contribution in [3.8, 4) is 0 Å². The lowest BCUT2D eigenvalue weighted by Crippen LogP contribution is -2.41. The van der Waals surface area contributed by atoms with Gasteiger partial charge in [0.2, 0.25) is 0 Å². The summed E-state index contributed by atoms with van der Waals surface area (Å²) in [6.45, 7) is 11.5. The molecular weight excluding hydrogens is 408 g/mol. The Labute approximate surface area is 184 Å². The van der Waals surface area contributed by atoms with Gasteiger partial charge in [-0.15, -0.1) is 0 Å². The Morgan fingerprint density at radius 1 is 0.774 bits per heavy atom. The number of rotatable bonds is 11. The predicted molar refractivity (Wildman–Crippen MR) is 110 cm³/mol. The predicted octanol–water partition coefficient (Wildman–Crippen LogP) is -0.0589. The average molecular weight is 445 g/mol. The highest BCUT2D eigenvalue weighted by Gasteiger charge is 2.25. The van der Waals surface area contributed by atoms with Crippen molar-refractivity contribution in [2.45, 2.75) is 26.9 Å². The zero-order valence-electron chi connectivity index (χ0n) is 18.9. The molecule has 2 atom stereocenters. The maximum Gasteiger partial charge on any atom is 0.310 e. The minimum absolute atomic E-state index is 0.156. The second kappa shape index (κ2) is 13.6. The molecule has 2 aliphatic rings. The van der Waals surface area contributed by atoms with Gasteiger partial charge in [0.05, 0.1) is 38.3 Å². The molecule has 2 saturated heterocycles. The monoisotopic (exact) mass is 444 g/mol. The van der Waals surface area contributed by atoms with E-state index in [0.717, 1.165) is 26.2 Å². The molecule has 0 saturated carbocycles. The SMILES string of the molecule is CC(=O)OC(COC(=O)C(C)CN1CCOCC1)COC(=O)C(C)CN1CCOCC1. The molecule has 2 rings (SSSR count). The van der Waals surface area contributed by atoms with Crippen molar-refractivity contribution in [2.75, 3.05) is 78.9 Å². The van der Waals surface area contributed by atoms with Crippen molar-refractivity contribution in [2.24, 2.45) is 11.8 Å².